The van der Waals surface area contributed by atoms with Crippen molar-refractivity contribution in [2.45, 2.75) is 12.1 Å². The lowest BCUT2D eigenvalue weighted by atomic mass is 10.2. The Morgan fingerprint density at radius 1 is 1.11 bits per heavy atom. The average molecular weight is 435 g/mol. The second-order valence-corrected chi connectivity index (χ2v) is 7.55. The molecular formula is C19H16Cl2N4O2S. The Balaban J connectivity index is 1.57. The highest BCUT2D eigenvalue weighted by Gasteiger charge is 2.12. The summed E-state index contributed by atoms with van der Waals surface area (Å²) in [7, 11) is 0. The van der Waals surface area contributed by atoms with Gasteiger partial charge in [-0.25, -0.2) is 4.98 Å². The van der Waals surface area contributed by atoms with E-state index < -0.39 is 5.91 Å². The van der Waals surface area contributed by atoms with Gasteiger partial charge in [0.15, 0.2) is 5.16 Å². The van der Waals surface area contributed by atoms with Crippen LogP contribution in [-0.4, -0.2) is 27.1 Å². The van der Waals surface area contributed by atoms with Crippen LogP contribution in [0.3, 0.4) is 0 Å². The van der Waals surface area contributed by atoms with Crippen molar-refractivity contribution < 1.29 is 9.59 Å². The molecule has 0 spiro atoms. The van der Waals surface area contributed by atoms with E-state index in [1.165, 1.54) is 11.8 Å². The van der Waals surface area contributed by atoms with Gasteiger partial charge in [0.1, 0.15) is 0 Å². The van der Waals surface area contributed by atoms with Gasteiger partial charge in [0.05, 0.1) is 11.4 Å². The predicted molar refractivity (Wildman–Crippen MR) is 111 cm³/mol. The first-order chi connectivity index (χ1) is 13.5. The van der Waals surface area contributed by atoms with Crippen molar-refractivity contribution in [1.82, 2.24) is 20.4 Å². The van der Waals surface area contributed by atoms with Crippen LogP contribution in [0.1, 0.15) is 15.9 Å². The summed E-state index contributed by atoms with van der Waals surface area (Å²) < 4.78 is 1.87. The number of aromatic nitrogens is 2. The largest absolute Gasteiger partial charge is 0.295 e. The fraction of sp³-hybridized carbons (Fsp3) is 0.105. The number of rotatable bonds is 5. The summed E-state index contributed by atoms with van der Waals surface area (Å²) in [6.45, 7) is 1.92. The molecule has 2 aromatic carbocycles. The third-order valence-corrected chi connectivity index (χ3v) is 5.49. The van der Waals surface area contributed by atoms with Crippen LogP contribution in [0.5, 0.6) is 0 Å². The highest BCUT2D eigenvalue weighted by Crippen LogP contribution is 2.26. The molecule has 144 valence electrons. The van der Waals surface area contributed by atoms with Crippen LogP contribution in [0.25, 0.3) is 5.69 Å². The molecule has 0 saturated carbocycles. The van der Waals surface area contributed by atoms with E-state index in [0.29, 0.717) is 20.8 Å². The molecule has 2 amide bonds. The predicted octanol–water partition coefficient (Wildman–Crippen LogP) is 4.04. The van der Waals surface area contributed by atoms with E-state index in [0.717, 1.165) is 11.3 Å². The number of hydrazine groups is 1. The highest BCUT2D eigenvalue weighted by atomic mass is 35.5. The normalized spacial score (nSPS) is 10.5. The molecule has 28 heavy (non-hydrogen) atoms. The maximum absolute atomic E-state index is 12.1. The molecule has 3 aromatic rings. The van der Waals surface area contributed by atoms with E-state index >= 15 is 0 Å². The van der Waals surface area contributed by atoms with Crippen LogP contribution < -0.4 is 10.9 Å². The highest BCUT2D eigenvalue weighted by molar-refractivity contribution is 7.99. The van der Waals surface area contributed by atoms with E-state index in [1.807, 2.05) is 29.7 Å². The van der Waals surface area contributed by atoms with E-state index in [9.17, 15) is 9.59 Å². The number of halogens is 2. The van der Waals surface area contributed by atoms with Crippen LogP contribution in [0.2, 0.25) is 10.0 Å². The lowest BCUT2D eigenvalue weighted by molar-refractivity contribution is -0.119. The van der Waals surface area contributed by atoms with E-state index in [4.69, 9.17) is 23.2 Å². The van der Waals surface area contributed by atoms with Gasteiger partial charge in [-0.05, 0) is 48.9 Å². The first-order valence-electron chi connectivity index (χ1n) is 8.22. The van der Waals surface area contributed by atoms with Gasteiger partial charge in [-0.2, -0.15) is 0 Å². The molecule has 1 heterocycles. The zero-order chi connectivity index (χ0) is 20.1. The first-order valence-corrected chi connectivity index (χ1v) is 9.96. The smallest absolute Gasteiger partial charge is 0.269 e. The van der Waals surface area contributed by atoms with E-state index in [2.05, 4.69) is 15.8 Å². The van der Waals surface area contributed by atoms with Gasteiger partial charge in [0.2, 0.25) is 5.91 Å². The zero-order valence-electron chi connectivity index (χ0n) is 14.8. The van der Waals surface area contributed by atoms with Crippen LogP contribution >= 0.6 is 35.0 Å². The lowest BCUT2D eigenvalue weighted by Gasteiger charge is -2.11. The molecule has 0 bridgehead atoms. The fourth-order valence-corrected chi connectivity index (χ4v) is 3.46. The minimum absolute atomic E-state index is 0.0809. The Kier molecular flexibility index (Phi) is 6.61. The minimum Gasteiger partial charge on any atom is -0.295 e. The standard InChI is InChI=1S/C19H16Cl2N4O2S/c1-12-15(21)3-2-4-16(12)25-10-9-22-19(25)28-11-17(26)23-24-18(27)13-5-7-14(20)8-6-13/h2-10H,11H2,1H3,(H,23,26)(H,24,27). The van der Waals surface area contributed by atoms with E-state index in [1.54, 1.807) is 36.7 Å². The molecule has 0 aliphatic rings. The molecule has 0 atom stereocenters. The number of hydrogen-bond acceptors (Lipinski definition) is 4. The van der Waals surface area contributed by atoms with Gasteiger partial charge in [-0.15, -0.1) is 0 Å². The Labute approximate surface area is 176 Å². The van der Waals surface area contributed by atoms with Crippen molar-refractivity contribution in [1.29, 1.82) is 0 Å². The summed E-state index contributed by atoms with van der Waals surface area (Å²) >= 11 is 13.2. The van der Waals surface area contributed by atoms with Crippen molar-refractivity contribution in [3.8, 4) is 5.69 Å². The lowest BCUT2D eigenvalue weighted by Crippen LogP contribution is -2.42. The van der Waals surface area contributed by atoms with Gasteiger partial charge >= 0.3 is 0 Å². The number of nitrogens with one attached hydrogen (secondary N) is 2. The Morgan fingerprint density at radius 2 is 1.86 bits per heavy atom. The molecule has 0 aliphatic carbocycles. The van der Waals surface area contributed by atoms with Crippen LogP contribution in [-0.2, 0) is 4.79 Å². The number of benzene rings is 2. The van der Waals surface area contributed by atoms with Crippen molar-refractivity contribution in [3.05, 3.63) is 76.0 Å². The Bertz CT molecular complexity index is 1010. The number of carbonyl (C=O) groups excluding carboxylic acids is 2. The summed E-state index contributed by atoms with van der Waals surface area (Å²) in [5.74, 6) is -0.701. The fourth-order valence-electron chi connectivity index (χ4n) is 2.40. The SMILES string of the molecule is Cc1c(Cl)cccc1-n1ccnc1SCC(=O)NNC(=O)c1ccc(Cl)cc1. The first kappa shape index (κ1) is 20.3. The number of thioether (sulfide) groups is 1. The summed E-state index contributed by atoms with van der Waals surface area (Å²) in [4.78, 5) is 28.4. The van der Waals surface area contributed by atoms with Crippen molar-refractivity contribution in [2.75, 3.05) is 5.75 Å². The second-order valence-electron chi connectivity index (χ2n) is 5.76. The summed E-state index contributed by atoms with van der Waals surface area (Å²) in [5, 5.41) is 1.83. The van der Waals surface area contributed by atoms with Crippen LogP contribution in [0.4, 0.5) is 0 Å². The summed E-state index contributed by atoms with van der Waals surface area (Å²) in [6.07, 6.45) is 3.46. The maximum atomic E-state index is 12.1. The zero-order valence-corrected chi connectivity index (χ0v) is 17.1. The average Bonchev–Trinajstić information content (AvgIpc) is 3.15. The van der Waals surface area contributed by atoms with Crippen molar-refractivity contribution >= 4 is 46.8 Å². The molecule has 2 N–H and O–H groups in total. The number of nitrogens with zero attached hydrogens (tertiary/aromatic N) is 2. The van der Waals surface area contributed by atoms with Gasteiger partial charge in [0, 0.05) is 28.0 Å². The van der Waals surface area contributed by atoms with Crippen LogP contribution in [0.15, 0.2) is 60.0 Å². The summed E-state index contributed by atoms with van der Waals surface area (Å²) in [6, 6.07) is 12.0. The number of carbonyl (C=O) groups is 2. The van der Waals surface area contributed by atoms with Gasteiger partial charge in [-0.1, -0.05) is 41.0 Å². The number of hydrogen-bond donors (Lipinski definition) is 2. The molecule has 0 saturated heterocycles. The maximum Gasteiger partial charge on any atom is 0.269 e. The molecular weight excluding hydrogens is 419 g/mol. The van der Waals surface area contributed by atoms with Crippen molar-refractivity contribution in [3.63, 3.8) is 0 Å². The van der Waals surface area contributed by atoms with E-state index in [-0.39, 0.29) is 11.7 Å². The third kappa shape index (κ3) is 4.86. The topological polar surface area (TPSA) is 76.0 Å². The molecule has 0 aliphatic heterocycles. The molecule has 0 fully saturated rings. The molecule has 0 unspecified atom stereocenters. The van der Waals surface area contributed by atoms with Gasteiger partial charge in [0.25, 0.3) is 5.91 Å². The quantitative estimate of drug-likeness (QED) is 0.469. The molecule has 0 radical (unpaired) electrons. The number of amides is 2. The molecule has 1 aromatic heterocycles. The van der Waals surface area contributed by atoms with Crippen LogP contribution in [0, 0.1) is 6.92 Å². The summed E-state index contributed by atoms with van der Waals surface area (Å²) in [5.41, 5.74) is 6.96. The minimum atomic E-state index is -0.425. The molecule has 6 nitrogen and oxygen atoms in total. The number of imidazole rings is 1. The molecule has 9 heteroatoms. The van der Waals surface area contributed by atoms with Gasteiger partial charge < -0.3 is 0 Å². The van der Waals surface area contributed by atoms with Gasteiger partial charge in [-0.3, -0.25) is 25.0 Å². The van der Waals surface area contributed by atoms with Crippen molar-refractivity contribution in [2.24, 2.45) is 0 Å². The Hall–Kier alpha value is -2.48. The second kappa shape index (κ2) is 9.14. The monoisotopic (exact) mass is 434 g/mol. The third-order valence-electron chi connectivity index (χ3n) is 3.86. The molecule has 3 rings (SSSR count). The Morgan fingerprint density at radius 3 is 2.61 bits per heavy atom.